The second-order valence-electron chi connectivity index (χ2n) is 9.38. The zero-order valence-electron chi connectivity index (χ0n) is 19.0. The smallest absolute Gasteiger partial charge is 0.229 e. The van der Waals surface area contributed by atoms with Crippen molar-refractivity contribution in [3.8, 4) is 0 Å². The topological polar surface area (TPSA) is 36.0 Å². The van der Waals surface area contributed by atoms with Gasteiger partial charge in [-0.2, -0.15) is 0 Å². The second-order valence-corrected chi connectivity index (χ2v) is 9.81. The summed E-state index contributed by atoms with van der Waals surface area (Å²) in [6.07, 6.45) is 10.4. The lowest BCUT2D eigenvalue weighted by atomic mass is 10.1. The maximum Gasteiger partial charge on any atom is 0.229 e. The maximum atomic E-state index is 12.8. The Balaban J connectivity index is 1.12. The van der Waals surface area contributed by atoms with Gasteiger partial charge in [0.2, 0.25) is 5.91 Å². The number of hydroxylamine groups is 2. The van der Waals surface area contributed by atoms with Gasteiger partial charge in [0.1, 0.15) is 6.10 Å². The summed E-state index contributed by atoms with van der Waals surface area (Å²) >= 11 is 5.97. The normalized spacial score (nSPS) is 23.6. The lowest BCUT2D eigenvalue weighted by Crippen LogP contribution is -2.33. The van der Waals surface area contributed by atoms with Crippen LogP contribution in [0.15, 0.2) is 60.8 Å². The average Bonchev–Trinajstić information content (AvgIpc) is 3.47. The summed E-state index contributed by atoms with van der Waals surface area (Å²) in [5, 5.41) is 2.64. The molecule has 3 aliphatic heterocycles. The Bertz CT molecular complexity index is 970. The minimum Gasteiger partial charge on any atom is -0.310 e. The number of rotatable bonds is 7. The van der Waals surface area contributed by atoms with Crippen LogP contribution in [0, 0.1) is 0 Å². The maximum absolute atomic E-state index is 12.8. The molecule has 174 valence electrons. The number of benzene rings is 2. The molecule has 2 atom stereocenters. The molecule has 2 fully saturated rings. The predicted octanol–water partition coefficient (Wildman–Crippen LogP) is 5.19. The van der Waals surface area contributed by atoms with E-state index in [1.54, 1.807) is 0 Å². The van der Waals surface area contributed by atoms with Crippen molar-refractivity contribution in [3.05, 3.63) is 77.0 Å². The molecular weight excluding hydrogens is 434 g/mol. The van der Waals surface area contributed by atoms with Crippen LogP contribution >= 0.6 is 11.6 Å². The number of hydrogen-bond donors (Lipinski definition) is 0. The molecule has 5 rings (SSSR count). The number of amides is 1. The summed E-state index contributed by atoms with van der Waals surface area (Å²) in [7, 11) is 0. The molecule has 6 heteroatoms. The van der Waals surface area contributed by atoms with Gasteiger partial charge in [-0.25, -0.2) is 0 Å². The molecule has 0 N–H and O–H groups in total. The predicted molar refractivity (Wildman–Crippen MR) is 132 cm³/mol. The third-order valence-corrected chi connectivity index (χ3v) is 7.15. The summed E-state index contributed by atoms with van der Waals surface area (Å²) in [6, 6.07) is 16.5. The van der Waals surface area contributed by atoms with Crippen molar-refractivity contribution < 1.29 is 9.63 Å². The number of likely N-dealkylation sites (tertiary alicyclic amines) is 1. The van der Waals surface area contributed by atoms with Gasteiger partial charge < -0.3 is 4.90 Å². The molecular formula is C27H32ClN3O2. The van der Waals surface area contributed by atoms with Crippen LogP contribution in [0.25, 0.3) is 0 Å². The zero-order valence-corrected chi connectivity index (χ0v) is 19.8. The number of nitrogens with zero attached hydrogens (tertiary/aromatic N) is 3. The standard InChI is InChI=1S/C27H32ClN3O2/c28-23-9-4-21(5-10-23)8-13-26-14-17-31(33-26)25-18-27(32)30(20-25)24-11-6-22(7-12-24)19-29-15-2-1-3-16-29/h4-7,9-12,14,17,25-26H,1-3,8,13,15-16,18-20H2. The lowest BCUT2D eigenvalue weighted by molar-refractivity contribution is -0.154. The van der Waals surface area contributed by atoms with Crippen LogP contribution in [0.2, 0.25) is 5.02 Å². The Morgan fingerprint density at radius 3 is 2.42 bits per heavy atom. The van der Waals surface area contributed by atoms with E-state index in [2.05, 4.69) is 47.4 Å². The first-order chi connectivity index (χ1) is 16.1. The van der Waals surface area contributed by atoms with Crippen LogP contribution in [-0.2, 0) is 22.6 Å². The summed E-state index contributed by atoms with van der Waals surface area (Å²) in [5.74, 6) is 0.158. The monoisotopic (exact) mass is 465 g/mol. The van der Waals surface area contributed by atoms with E-state index >= 15 is 0 Å². The largest absolute Gasteiger partial charge is 0.310 e. The van der Waals surface area contributed by atoms with Crippen LogP contribution in [0.4, 0.5) is 5.69 Å². The van der Waals surface area contributed by atoms with Gasteiger partial charge in [0.25, 0.3) is 0 Å². The molecule has 0 aliphatic carbocycles. The third-order valence-electron chi connectivity index (χ3n) is 6.90. The quantitative estimate of drug-likeness (QED) is 0.563. The van der Waals surface area contributed by atoms with Crippen LogP contribution in [0.5, 0.6) is 0 Å². The Hall–Kier alpha value is -2.34. The molecule has 3 aliphatic rings. The van der Waals surface area contributed by atoms with Gasteiger partial charge in [-0.3, -0.25) is 19.6 Å². The van der Waals surface area contributed by atoms with Crippen LogP contribution in [0.3, 0.4) is 0 Å². The molecule has 2 aromatic rings. The van der Waals surface area contributed by atoms with E-state index < -0.39 is 0 Å². The number of anilines is 1. The minimum absolute atomic E-state index is 0.0406. The molecule has 2 saturated heterocycles. The molecule has 0 saturated carbocycles. The van der Waals surface area contributed by atoms with Gasteiger partial charge in [0.15, 0.2) is 0 Å². The van der Waals surface area contributed by atoms with Gasteiger partial charge in [-0.05, 0) is 80.2 Å². The molecule has 0 radical (unpaired) electrons. The highest BCUT2D eigenvalue weighted by atomic mass is 35.5. The van der Waals surface area contributed by atoms with Crippen molar-refractivity contribution >= 4 is 23.2 Å². The first-order valence-corrected chi connectivity index (χ1v) is 12.5. The van der Waals surface area contributed by atoms with Gasteiger partial charge in [-0.15, -0.1) is 0 Å². The third kappa shape index (κ3) is 5.60. The molecule has 0 bridgehead atoms. The molecule has 3 heterocycles. The van der Waals surface area contributed by atoms with Crippen LogP contribution in [0.1, 0.15) is 43.2 Å². The van der Waals surface area contributed by atoms with E-state index in [1.807, 2.05) is 28.3 Å². The molecule has 33 heavy (non-hydrogen) atoms. The van der Waals surface area contributed by atoms with Crippen LogP contribution < -0.4 is 4.90 Å². The number of aryl methyl sites for hydroxylation is 1. The second kappa shape index (κ2) is 10.3. The van der Waals surface area contributed by atoms with Crippen molar-refractivity contribution in [1.29, 1.82) is 0 Å². The average molecular weight is 466 g/mol. The summed E-state index contributed by atoms with van der Waals surface area (Å²) in [5.41, 5.74) is 3.55. The Morgan fingerprint density at radius 1 is 0.939 bits per heavy atom. The molecule has 1 amide bonds. The fraction of sp³-hybridized carbons (Fsp3) is 0.444. The van der Waals surface area contributed by atoms with Crippen molar-refractivity contribution in [3.63, 3.8) is 0 Å². The Morgan fingerprint density at radius 2 is 1.67 bits per heavy atom. The summed E-state index contributed by atoms with van der Waals surface area (Å²) < 4.78 is 0. The van der Waals surface area contributed by atoms with E-state index in [0.29, 0.717) is 13.0 Å². The first kappa shape index (κ1) is 22.5. The Kier molecular flexibility index (Phi) is 7.00. The number of carbonyl (C=O) groups excluding carboxylic acids is 1. The number of hydrogen-bond acceptors (Lipinski definition) is 4. The van der Waals surface area contributed by atoms with E-state index in [1.165, 1.54) is 43.5 Å². The fourth-order valence-electron chi connectivity index (χ4n) is 4.99. The first-order valence-electron chi connectivity index (χ1n) is 12.1. The minimum atomic E-state index is 0.0406. The highest BCUT2D eigenvalue weighted by Crippen LogP contribution is 2.28. The van der Waals surface area contributed by atoms with Gasteiger partial charge in [0, 0.05) is 30.0 Å². The molecule has 2 unspecified atom stereocenters. The highest BCUT2D eigenvalue weighted by Gasteiger charge is 2.36. The molecule has 5 nitrogen and oxygen atoms in total. The number of piperidine rings is 1. The van der Waals surface area contributed by atoms with Gasteiger partial charge in [-0.1, -0.05) is 42.3 Å². The molecule has 2 aromatic carbocycles. The van der Waals surface area contributed by atoms with Gasteiger partial charge in [0.05, 0.1) is 12.5 Å². The van der Waals surface area contributed by atoms with Crippen molar-refractivity contribution in [2.45, 2.75) is 57.2 Å². The number of carbonyl (C=O) groups is 1. The van der Waals surface area contributed by atoms with E-state index in [-0.39, 0.29) is 18.1 Å². The van der Waals surface area contributed by atoms with Crippen LogP contribution in [-0.4, -0.2) is 47.7 Å². The number of halogens is 1. The van der Waals surface area contributed by atoms with Crippen molar-refractivity contribution in [2.75, 3.05) is 24.5 Å². The summed E-state index contributed by atoms with van der Waals surface area (Å²) in [4.78, 5) is 23.3. The van der Waals surface area contributed by atoms with E-state index in [9.17, 15) is 4.79 Å². The SMILES string of the molecule is O=C1CC(N2C=CC(CCc3ccc(Cl)cc3)O2)CN1c1ccc(CN2CCCCC2)cc1. The van der Waals surface area contributed by atoms with E-state index in [4.69, 9.17) is 16.4 Å². The molecule has 0 aromatic heterocycles. The molecule has 0 spiro atoms. The highest BCUT2D eigenvalue weighted by molar-refractivity contribution is 6.30. The Labute approximate surface area is 201 Å². The summed E-state index contributed by atoms with van der Waals surface area (Å²) in [6.45, 7) is 4.04. The van der Waals surface area contributed by atoms with Crippen molar-refractivity contribution in [2.24, 2.45) is 0 Å². The lowest BCUT2D eigenvalue weighted by Gasteiger charge is -2.27. The van der Waals surface area contributed by atoms with Gasteiger partial charge >= 0.3 is 0 Å². The van der Waals surface area contributed by atoms with E-state index in [0.717, 1.165) is 30.1 Å². The zero-order chi connectivity index (χ0) is 22.6. The fourth-order valence-corrected chi connectivity index (χ4v) is 5.12. The van der Waals surface area contributed by atoms with Crippen molar-refractivity contribution in [1.82, 2.24) is 9.96 Å².